The van der Waals surface area contributed by atoms with Gasteiger partial charge in [0.05, 0.1) is 5.56 Å². The zero-order chi connectivity index (χ0) is 18.4. The van der Waals surface area contributed by atoms with Crippen LogP contribution >= 0.6 is 0 Å². The number of carbonyl (C=O) groups excluding carboxylic acids is 2. The third kappa shape index (κ3) is 5.74. The van der Waals surface area contributed by atoms with Crippen LogP contribution in [0.1, 0.15) is 37.3 Å². The maximum atomic E-state index is 12.5. The zero-order valence-corrected chi connectivity index (χ0v) is 14.1. The highest BCUT2D eigenvalue weighted by Crippen LogP contribution is 2.29. The topological polar surface area (TPSA) is 52.7 Å². The predicted octanol–water partition coefficient (Wildman–Crippen LogP) is 2.57. The predicted molar refractivity (Wildman–Crippen MR) is 86.1 cm³/mol. The first-order chi connectivity index (χ1) is 11.8. The van der Waals surface area contributed by atoms with Crippen LogP contribution in [0.2, 0.25) is 0 Å². The number of nitrogens with zero attached hydrogens (tertiary/aromatic N) is 2. The number of benzene rings is 1. The van der Waals surface area contributed by atoms with Crippen molar-refractivity contribution in [2.75, 3.05) is 19.6 Å². The van der Waals surface area contributed by atoms with Crippen molar-refractivity contribution < 1.29 is 22.8 Å². The van der Waals surface area contributed by atoms with Crippen molar-refractivity contribution in [2.45, 2.75) is 38.9 Å². The number of piperidine rings is 1. The number of halogens is 3. The van der Waals surface area contributed by atoms with E-state index in [1.54, 1.807) is 4.90 Å². The molecule has 0 unspecified atom stereocenters. The third-order valence-corrected chi connectivity index (χ3v) is 4.14. The molecule has 1 saturated heterocycles. The fraction of sp³-hybridized carbons (Fsp3) is 0.529. The summed E-state index contributed by atoms with van der Waals surface area (Å²) >= 11 is 0. The molecule has 0 radical (unpaired) electrons. The molecule has 1 heterocycles. The minimum atomic E-state index is -4.38. The summed E-state index contributed by atoms with van der Waals surface area (Å²) in [6.45, 7) is 2.80. The Bertz CT molecular complexity index is 596. The maximum absolute atomic E-state index is 12.5. The van der Waals surface area contributed by atoms with Crippen LogP contribution in [0.5, 0.6) is 0 Å². The molecule has 5 nitrogen and oxygen atoms in total. The molecule has 138 valence electrons. The molecule has 1 fully saturated rings. The van der Waals surface area contributed by atoms with E-state index in [4.69, 9.17) is 0 Å². The highest BCUT2D eigenvalue weighted by atomic mass is 19.4. The number of likely N-dealkylation sites (tertiary alicyclic amines) is 1. The van der Waals surface area contributed by atoms with Crippen molar-refractivity contribution in [3.63, 3.8) is 0 Å². The van der Waals surface area contributed by atoms with Crippen LogP contribution in [0.15, 0.2) is 24.3 Å². The first kappa shape index (κ1) is 19.2. The number of amides is 2. The van der Waals surface area contributed by atoms with E-state index in [0.29, 0.717) is 18.7 Å². The molecule has 1 N–H and O–H groups in total. The van der Waals surface area contributed by atoms with E-state index in [-0.39, 0.29) is 24.9 Å². The van der Waals surface area contributed by atoms with Crippen molar-refractivity contribution >= 4 is 11.8 Å². The van der Waals surface area contributed by atoms with Crippen molar-refractivity contribution in [1.82, 2.24) is 15.3 Å². The number of hydrogen-bond acceptors (Lipinski definition) is 3. The summed E-state index contributed by atoms with van der Waals surface area (Å²) in [5.74, 6) is -0.452. The number of hydrogen-bond donors (Lipinski definition) is 1. The third-order valence-electron chi connectivity index (χ3n) is 4.14. The molecule has 8 heteroatoms. The van der Waals surface area contributed by atoms with E-state index in [9.17, 15) is 22.8 Å². The van der Waals surface area contributed by atoms with Crippen LogP contribution in [0.4, 0.5) is 13.2 Å². The molecule has 0 bridgehead atoms. The van der Waals surface area contributed by atoms with E-state index in [0.717, 1.165) is 31.4 Å². The van der Waals surface area contributed by atoms with Crippen molar-refractivity contribution in [1.29, 1.82) is 0 Å². The number of hydrazine groups is 1. The molecule has 2 amide bonds. The molecule has 1 aromatic carbocycles. The van der Waals surface area contributed by atoms with Crippen LogP contribution in [0.3, 0.4) is 0 Å². The lowest BCUT2D eigenvalue weighted by Crippen LogP contribution is -2.49. The molecular weight excluding hydrogens is 335 g/mol. The van der Waals surface area contributed by atoms with Crippen LogP contribution in [-0.2, 0) is 22.3 Å². The number of alkyl halides is 3. The Hall–Kier alpha value is -2.09. The minimum Gasteiger partial charge on any atom is -0.341 e. The van der Waals surface area contributed by atoms with Crippen LogP contribution in [-0.4, -0.2) is 41.4 Å². The summed E-state index contributed by atoms with van der Waals surface area (Å²) in [6.07, 6.45) is -1.35. The van der Waals surface area contributed by atoms with Crippen molar-refractivity contribution in [3.05, 3.63) is 35.4 Å². The first-order valence-electron chi connectivity index (χ1n) is 8.23. The lowest BCUT2D eigenvalue weighted by Gasteiger charge is -2.29. The highest BCUT2D eigenvalue weighted by Gasteiger charge is 2.30. The molecule has 1 aromatic rings. The average Bonchev–Trinajstić information content (AvgIpc) is 2.58. The van der Waals surface area contributed by atoms with Gasteiger partial charge in [-0.3, -0.25) is 14.6 Å². The van der Waals surface area contributed by atoms with E-state index in [2.05, 4.69) is 5.43 Å². The summed E-state index contributed by atoms with van der Waals surface area (Å²) in [7, 11) is 0. The van der Waals surface area contributed by atoms with Crippen molar-refractivity contribution in [3.8, 4) is 0 Å². The standard InChI is InChI=1S/C17H22F3N3O2/c1-13(24)23(12-16(25)22-9-3-2-4-10-22)21-11-14-5-7-15(8-6-14)17(18,19)20/h5-8,21H,2-4,9-12H2,1H3. The summed E-state index contributed by atoms with van der Waals surface area (Å²) in [5.41, 5.74) is 2.68. The lowest BCUT2D eigenvalue weighted by atomic mass is 10.1. The summed E-state index contributed by atoms with van der Waals surface area (Å²) < 4.78 is 37.6. The Morgan fingerprint density at radius 2 is 1.72 bits per heavy atom. The fourth-order valence-electron chi connectivity index (χ4n) is 2.66. The van der Waals surface area contributed by atoms with Gasteiger partial charge >= 0.3 is 6.18 Å². The SMILES string of the molecule is CC(=O)N(CC(=O)N1CCCCC1)NCc1ccc(C(F)(F)F)cc1. The van der Waals surface area contributed by atoms with Gasteiger partial charge in [-0.15, -0.1) is 0 Å². The monoisotopic (exact) mass is 357 g/mol. The van der Waals surface area contributed by atoms with Gasteiger partial charge in [0.1, 0.15) is 6.54 Å². The zero-order valence-electron chi connectivity index (χ0n) is 14.1. The molecule has 1 aliphatic rings. The second-order valence-electron chi connectivity index (χ2n) is 6.08. The summed E-state index contributed by atoms with van der Waals surface area (Å²) in [4.78, 5) is 25.7. The molecular formula is C17H22F3N3O2. The van der Waals surface area contributed by atoms with Gasteiger partial charge in [-0.1, -0.05) is 12.1 Å². The van der Waals surface area contributed by atoms with Gasteiger partial charge in [-0.25, -0.2) is 5.43 Å². The lowest BCUT2D eigenvalue weighted by molar-refractivity contribution is -0.142. The van der Waals surface area contributed by atoms with E-state index in [1.165, 1.54) is 24.1 Å². The normalized spacial score (nSPS) is 15.1. The molecule has 0 spiro atoms. The Kier molecular flexibility index (Phi) is 6.41. The molecule has 25 heavy (non-hydrogen) atoms. The van der Waals surface area contributed by atoms with Crippen molar-refractivity contribution in [2.24, 2.45) is 0 Å². The van der Waals surface area contributed by atoms with Gasteiger partial charge in [-0.05, 0) is 37.0 Å². The summed E-state index contributed by atoms with van der Waals surface area (Å²) in [5, 5.41) is 1.20. The fourth-order valence-corrected chi connectivity index (χ4v) is 2.66. The molecule has 0 atom stereocenters. The van der Waals surface area contributed by atoms with Gasteiger partial charge in [0.25, 0.3) is 0 Å². The molecule has 0 aromatic heterocycles. The highest BCUT2D eigenvalue weighted by molar-refractivity contribution is 5.83. The van der Waals surface area contributed by atoms with Crippen LogP contribution in [0.25, 0.3) is 0 Å². The largest absolute Gasteiger partial charge is 0.416 e. The molecule has 0 aliphatic carbocycles. The molecule has 1 aliphatic heterocycles. The van der Waals surface area contributed by atoms with Gasteiger partial charge in [0.15, 0.2) is 0 Å². The van der Waals surface area contributed by atoms with E-state index < -0.39 is 11.7 Å². The second-order valence-corrected chi connectivity index (χ2v) is 6.08. The molecule has 2 rings (SSSR count). The smallest absolute Gasteiger partial charge is 0.341 e. The van der Waals surface area contributed by atoms with Gasteiger partial charge < -0.3 is 4.90 Å². The quantitative estimate of drug-likeness (QED) is 0.824. The Morgan fingerprint density at radius 1 is 1.12 bits per heavy atom. The second kappa shape index (κ2) is 8.33. The average molecular weight is 357 g/mol. The first-order valence-corrected chi connectivity index (χ1v) is 8.23. The summed E-state index contributed by atoms with van der Waals surface area (Å²) in [6, 6.07) is 4.68. The van der Waals surface area contributed by atoms with Crippen LogP contribution in [0, 0.1) is 0 Å². The number of carbonyl (C=O) groups is 2. The Labute approximate surface area is 144 Å². The number of nitrogens with one attached hydrogen (secondary N) is 1. The minimum absolute atomic E-state index is 0.0873. The van der Waals surface area contributed by atoms with Gasteiger partial charge in [0.2, 0.25) is 11.8 Å². The molecule has 0 saturated carbocycles. The Balaban J connectivity index is 1.90. The Morgan fingerprint density at radius 3 is 2.24 bits per heavy atom. The van der Waals surface area contributed by atoms with Crippen LogP contribution < -0.4 is 5.43 Å². The van der Waals surface area contributed by atoms with Gasteiger partial charge in [0, 0.05) is 26.6 Å². The maximum Gasteiger partial charge on any atom is 0.416 e. The van der Waals surface area contributed by atoms with Gasteiger partial charge in [-0.2, -0.15) is 13.2 Å². The van der Waals surface area contributed by atoms with E-state index >= 15 is 0 Å². The van der Waals surface area contributed by atoms with E-state index in [1.807, 2.05) is 0 Å². The number of rotatable bonds is 5.